The maximum absolute atomic E-state index is 12.5. The molecule has 4 saturated heterocycles. The molecule has 0 aromatic carbocycles. The molecule has 0 atom stereocenters. The molecule has 0 bridgehead atoms. The molecule has 3 amide bonds. The zero-order chi connectivity index (χ0) is 26.1. The second-order valence-corrected chi connectivity index (χ2v) is 12.7. The summed E-state index contributed by atoms with van der Waals surface area (Å²) in [7, 11) is 0. The van der Waals surface area contributed by atoms with E-state index >= 15 is 0 Å². The molecule has 4 rings (SSSR count). The molecule has 4 aliphatic rings. The molecular formula is C28H50N4O3. The molecule has 0 N–H and O–H groups in total. The Morgan fingerprint density at radius 3 is 1.46 bits per heavy atom. The Balaban J connectivity index is 0.000000196. The third-order valence-electron chi connectivity index (χ3n) is 9.00. The van der Waals surface area contributed by atoms with Crippen LogP contribution in [0.2, 0.25) is 0 Å². The van der Waals surface area contributed by atoms with Crippen molar-refractivity contribution in [2.45, 2.75) is 118 Å². The minimum atomic E-state index is -0.382. The summed E-state index contributed by atoms with van der Waals surface area (Å²) in [5, 5.41) is 0. The highest BCUT2D eigenvalue weighted by atomic mass is 16.2. The van der Waals surface area contributed by atoms with Crippen LogP contribution in [0.4, 0.5) is 0 Å². The molecule has 0 aromatic heterocycles. The minimum absolute atomic E-state index is 0.00694. The maximum Gasteiger partial charge on any atom is 0.236 e. The van der Waals surface area contributed by atoms with Crippen LogP contribution >= 0.6 is 0 Å². The lowest BCUT2D eigenvalue weighted by Crippen LogP contribution is -2.47. The summed E-state index contributed by atoms with van der Waals surface area (Å²) in [4.78, 5) is 45.0. The van der Waals surface area contributed by atoms with Gasteiger partial charge in [0.05, 0.1) is 5.41 Å². The normalized spacial score (nSPS) is 25.2. The number of hydrogen-bond acceptors (Lipinski definition) is 5. The van der Waals surface area contributed by atoms with Crippen molar-refractivity contribution in [3.05, 3.63) is 0 Å². The highest BCUT2D eigenvalue weighted by molar-refractivity contribution is 6.06. The lowest BCUT2D eigenvalue weighted by atomic mass is 9.76. The number of rotatable bonds is 4. The Labute approximate surface area is 213 Å². The van der Waals surface area contributed by atoms with Gasteiger partial charge in [-0.3, -0.25) is 19.3 Å². The number of imide groups is 1. The van der Waals surface area contributed by atoms with Crippen molar-refractivity contribution < 1.29 is 14.4 Å². The molecular weight excluding hydrogens is 440 g/mol. The van der Waals surface area contributed by atoms with E-state index < -0.39 is 0 Å². The van der Waals surface area contributed by atoms with Gasteiger partial charge in [-0.2, -0.15) is 0 Å². The van der Waals surface area contributed by atoms with Gasteiger partial charge in [-0.05, 0) is 113 Å². The van der Waals surface area contributed by atoms with Crippen LogP contribution in [-0.4, -0.2) is 94.2 Å². The van der Waals surface area contributed by atoms with Crippen LogP contribution < -0.4 is 0 Å². The quantitative estimate of drug-likeness (QED) is 0.562. The number of nitrogens with zero attached hydrogens (tertiary/aromatic N) is 4. The van der Waals surface area contributed by atoms with Crippen LogP contribution in [-0.2, 0) is 14.4 Å². The van der Waals surface area contributed by atoms with E-state index in [2.05, 4.69) is 56.2 Å². The minimum Gasteiger partial charge on any atom is -0.340 e. The van der Waals surface area contributed by atoms with Crippen LogP contribution in [0.3, 0.4) is 0 Å². The van der Waals surface area contributed by atoms with Gasteiger partial charge in [0.1, 0.15) is 0 Å². The van der Waals surface area contributed by atoms with Gasteiger partial charge < -0.3 is 14.7 Å². The molecule has 0 radical (unpaired) electrons. The standard InChI is InChI=1S/C14H24N2O2.C14H26N2O/c1-10(2)15-7-5-14(6-8-15)9-12(17)16(11(3)4)13(14)18;1-11(2)15-7-5-14(6-8-15)9-13(17)16(10-14)12(3)4/h10-11H,5-9H2,1-4H3;11-12H,5-10H2,1-4H3. The van der Waals surface area contributed by atoms with E-state index in [1.54, 1.807) is 0 Å². The Hall–Kier alpha value is -1.47. The smallest absolute Gasteiger partial charge is 0.236 e. The predicted molar refractivity (Wildman–Crippen MR) is 140 cm³/mol. The van der Waals surface area contributed by atoms with Gasteiger partial charge >= 0.3 is 0 Å². The summed E-state index contributed by atoms with van der Waals surface area (Å²) in [6.45, 7) is 22.2. The average Bonchev–Trinajstić information content (AvgIpc) is 3.22. The fourth-order valence-corrected chi connectivity index (χ4v) is 6.45. The van der Waals surface area contributed by atoms with Crippen molar-refractivity contribution in [1.29, 1.82) is 0 Å². The van der Waals surface area contributed by atoms with Gasteiger partial charge in [-0.25, -0.2) is 0 Å². The SMILES string of the molecule is CC(C)N1CCC2(CC1)CC(=O)N(C(C)C)C2.CC(C)N1CCC2(CC1)CC(=O)N(C(C)C)C2=O. The van der Waals surface area contributed by atoms with Crippen LogP contribution in [0.15, 0.2) is 0 Å². The maximum atomic E-state index is 12.5. The Morgan fingerprint density at radius 2 is 1.09 bits per heavy atom. The molecule has 4 fully saturated rings. The van der Waals surface area contributed by atoms with E-state index in [1.165, 1.54) is 17.7 Å². The lowest BCUT2D eigenvalue weighted by Gasteiger charge is -2.40. The topological polar surface area (TPSA) is 64.2 Å². The molecule has 4 aliphatic heterocycles. The molecule has 0 aromatic rings. The van der Waals surface area contributed by atoms with E-state index in [0.29, 0.717) is 35.9 Å². The Bertz CT molecular complexity index is 775. The van der Waals surface area contributed by atoms with E-state index in [4.69, 9.17) is 0 Å². The Kier molecular flexibility index (Phi) is 8.73. The summed E-state index contributed by atoms with van der Waals surface area (Å²) < 4.78 is 0. The number of carbonyl (C=O) groups excluding carboxylic acids is 3. The first kappa shape index (κ1) is 28.1. The summed E-state index contributed by atoms with van der Waals surface area (Å²) in [6, 6.07) is 1.53. The van der Waals surface area contributed by atoms with Crippen LogP contribution in [0.25, 0.3) is 0 Å². The first-order valence-corrected chi connectivity index (χ1v) is 13.9. The molecule has 0 aliphatic carbocycles. The van der Waals surface area contributed by atoms with E-state index in [0.717, 1.165) is 52.0 Å². The van der Waals surface area contributed by atoms with Gasteiger partial charge in [-0.15, -0.1) is 0 Å². The number of likely N-dealkylation sites (tertiary alicyclic amines) is 4. The van der Waals surface area contributed by atoms with Crippen molar-refractivity contribution in [3.63, 3.8) is 0 Å². The molecule has 2 spiro atoms. The summed E-state index contributed by atoms with van der Waals surface area (Å²) in [5.41, 5.74) is -0.0838. The van der Waals surface area contributed by atoms with Gasteiger partial charge in [0.2, 0.25) is 17.7 Å². The van der Waals surface area contributed by atoms with Crippen molar-refractivity contribution >= 4 is 17.7 Å². The van der Waals surface area contributed by atoms with Crippen LogP contribution in [0.1, 0.15) is 93.9 Å². The first-order valence-electron chi connectivity index (χ1n) is 13.9. The third kappa shape index (κ3) is 5.93. The fraction of sp³-hybridized carbons (Fsp3) is 0.893. The second-order valence-electron chi connectivity index (χ2n) is 12.7. The highest BCUT2D eigenvalue weighted by Crippen LogP contribution is 2.43. The molecule has 0 saturated carbocycles. The van der Waals surface area contributed by atoms with Crippen molar-refractivity contribution in [2.75, 3.05) is 32.7 Å². The number of hydrogen-bond donors (Lipinski definition) is 0. The lowest BCUT2D eigenvalue weighted by molar-refractivity contribution is -0.144. The van der Waals surface area contributed by atoms with Crippen LogP contribution in [0.5, 0.6) is 0 Å². The molecule has 7 nitrogen and oxygen atoms in total. The molecule has 0 unspecified atom stereocenters. The molecule has 7 heteroatoms. The first-order chi connectivity index (χ1) is 16.3. The molecule has 35 heavy (non-hydrogen) atoms. The summed E-state index contributed by atoms with van der Waals surface area (Å²) >= 11 is 0. The summed E-state index contributed by atoms with van der Waals surface area (Å²) in [5.74, 6) is 0.469. The van der Waals surface area contributed by atoms with Crippen LogP contribution in [0, 0.1) is 10.8 Å². The zero-order valence-electron chi connectivity index (χ0n) is 23.6. The van der Waals surface area contributed by atoms with E-state index in [9.17, 15) is 14.4 Å². The predicted octanol–water partition coefficient (Wildman–Crippen LogP) is 3.76. The monoisotopic (exact) mass is 490 g/mol. The third-order valence-corrected chi connectivity index (χ3v) is 9.00. The summed E-state index contributed by atoms with van der Waals surface area (Å²) in [6.07, 6.45) is 5.27. The molecule has 200 valence electrons. The average molecular weight is 491 g/mol. The highest BCUT2D eigenvalue weighted by Gasteiger charge is 2.53. The number of carbonyl (C=O) groups is 3. The van der Waals surface area contributed by atoms with Crippen molar-refractivity contribution in [1.82, 2.24) is 19.6 Å². The van der Waals surface area contributed by atoms with Gasteiger partial charge in [0, 0.05) is 43.6 Å². The van der Waals surface area contributed by atoms with Crippen molar-refractivity contribution in [3.8, 4) is 0 Å². The van der Waals surface area contributed by atoms with Crippen molar-refractivity contribution in [2.24, 2.45) is 10.8 Å². The number of amides is 3. The van der Waals surface area contributed by atoms with E-state index in [-0.39, 0.29) is 23.3 Å². The van der Waals surface area contributed by atoms with E-state index in [1.807, 2.05) is 13.8 Å². The largest absolute Gasteiger partial charge is 0.340 e. The fourth-order valence-electron chi connectivity index (χ4n) is 6.45. The van der Waals surface area contributed by atoms with Gasteiger partial charge in [0.15, 0.2) is 0 Å². The Morgan fingerprint density at radius 1 is 0.600 bits per heavy atom. The molecule has 4 heterocycles. The van der Waals surface area contributed by atoms with Gasteiger partial charge in [-0.1, -0.05) is 0 Å². The van der Waals surface area contributed by atoms with Gasteiger partial charge in [0.25, 0.3) is 0 Å². The second kappa shape index (κ2) is 10.9. The zero-order valence-corrected chi connectivity index (χ0v) is 23.6. The number of piperidine rings is 2.